The number of hydrogen-bond donors (Lipinski definition) is 3. The summed E-state index contributed by atoms with van der Waals surface area (Å²) >= 11 is 0. The van der Waals surface area contributed by atoms with Crippen LogP contribution in [0.3, 0.4) is 0 Å². The van der Waals surface area contributed by atoms with E-state index in [2.05, 4.69) is 15.0 Å². The summed E-state index contributed by atoms with van der Waals surface area (Å²) in [4.78, 5) is 42.9. The van der Waals surface area contributed by atoms with E-state index >= 15 is 0 Å². The number of aryl methyl sites for hydroxylation is 1. The molecule has 2 amide bonds. The molecular weight excluding hydrogens is 476 g/mol. The maximum atomic E-state index is 13.7. The van der Waals surface area contributed by atoms with Gasteiger partial charge in [0.1, 0.15) is 11.1 Å². The van der Waals surface area contributed by atoms with Crippen LogP contribution in [-0.4, -0.2) is 63.2 Å². The number of carboxylic acids is 1. The third-order valence-corrected chi connectivity index (χ3v) is 6.21. The van der Waals surface area contributed by atoms with E-state index in [0.717, 1.165) is 12.5 Å². The summed E-state index contributed by atoms with van der Waals surface area (Å²) in [5, 5.41) is 21.8. The summed E-state index contributed by atoms with van der Waals surface area (Å²) in [6.45, 7) is 3.18. The van der Waals surface area contributed by atoms with Crippen LogP contribution in [0.15, 0.2) is 36.4 Å². The molecule has 1 aliphatic rings. The predicted octanol–water partition coefficient (Wildman–Crippen LogP) is 3.06. The Morgan fingerprint density at radius 3 is 2.42 bits per heavy atom. The first-order valence-corrected chi connectivity index (χ1v) is 11.3. The van der Waals surface area contributed by atoms with Gasteiger partial charge in [0.25, 0.3) is 0 Å². The molecule has 2 aromatic rings. The highest BCUT2D eigenvalue weighted by Gasteiger charge is 2.54. The van der Waals surface area contributed by atoms with Crippen molar-refractivity contribution < 1.29 is 38.1 Å². The lowest BCUT2D eigenvalue weighted by Crippen LogP contribution is -2.67. The number of ether oxygens (including phenoxy) is 1. The van der Waals surface area contributed by atoms with Gasteiger partial charge in [-0.25, -0.2) is 9.78 Å². The van der Waals surface area contributed by atoms with E-state index in [4.69, 9.17) is 5.11 Å². The average Bonchev–Trinajstić information content (AvgIpc) is 2.74. The van der Waals surface area contributed by atoms with Gasteiger partial charge in [-0.15, -0.1) is 0 Å². The van der Waals surface area contributed by atoms with Crippen LogP contribution in [0.25, 0.3) is 0 Å². The molecule has 9 nitrogen and oxygen atoms in total. The quantitative estimate of drug-likeness (QED) is 0.478. The molecule has 1 aromatic carbocycles. The highest BCUT2D eigenvalue weighted by molar-refractivity contribution is 6.03. The molecule has 11 heteroatoms. The number of nitrogens with one attached hydrogen (secondary N) is 1. The zero-order valence-corrected chi connectivity index (χ0v) is 20.4. The molecule has 3 N–H and O–H groups in total. The molecule has 0 saturated carbocycles. The van der Waals surface area contributed by atoms with Crippen LogP contribution in [0.2, 0.25) is 0 Å². The van der Waals surface area contributed by atoms with Gasteiger partial charge in [-0.05, 0) is 43.0 Å². The van der Waals surface area contributed by atoms with Gasteiger partial charge in [0.2, 0.25) is 17.7 Å². The number of hydrogen-bond acceptors (Lipinski definition) is 6. The lowest BCUT2D eigenvalue weighted by atomic mass is 9.69. The third kappa shape index (κ3) is 5.46. The molecule has 1 aliphatic heterocycles. The highest BCUT2D eigenvalue weighted by Crippen LogP contribution is 2.41. The third-order valence-electron chi connectivity index (χ3n) is 6.21. The van der Waals surface area contributed by atoms with Crippen molar-refractivity contribution in [3.8, 4) is 5.88 Å². The first-order chi connectivity index (χ1) is 16.8. The summed E-state index contributed by atoms with van der Waals surface area (Å²) in [5.41, 5.74) is -1.63. The number of alkyl halides is 2. The second-order valence-corrected chi connectivity index (χ2v) is 9.47. The molecule has 2 heterocycles. The summed E-state index contributed by atoms with van der Waals surface area (Å²) in [5.74, 6) is -3.14. The Balaban J connectivity index is 1.96. The van der Waals surface area contributed by atoms with Gasteiger partial charge in [0.15, 0.2) is 5.60 Å². The van der Waals surface area contributed by atoms with Crippen molar-refractivity contribution in [2.75, 3.05) is 18.4 Å². The van der Waals surface area contributed by atoms with Gasteiger partial charge in [-0.1, -0.05) is 38.1 Å². The lowest BCUT2D eigenvalue weighted by Gasteiger charge is -2.50. The van der Waals surface area contributed by atoms with Gasteiger partial charge in [0.05, 0.1) is 6.42 Å². The van der Waals surface area contributed by atoms with E-state index in [1.807, 2.05) is 26.0 Å². The second-order valence-electron chi connectivity index (χ2n) is 9.47. The highest BCUT2D eigenvalue weighted by atomic mass is 19.3. The zero-order valence-electron chi connectivity index (χ0n) is 20.4. The van der Waals surface area contributed by atoms with Crippen LogP contribution in [0.1, 0.15) is 49.9 Å². The number of pyridine rings is 1. The predicted molar refractivity (Wildman–Crippen MR) is 126 cm³/mol. The summed E-state index contributed by atoms with van der Waals surface area (Å²) in [6.07, 6.45) is -0.667. The van der Waals surface area contributed by atoms with E-state index < -0.39 is 47.7 Å². The Labute approximate surface area is 207 Å². The molecule has 1 aromatic heterocycles. The molecular formula is C25H29F2N3O6. The normalized spacial score (nSPS) is 16.3. The lowest BCUT2D eigenvalue weighted by molar-refractivity contribution is -0.164. The molecule has 1 fully saturated rings. The first-order valence-electron chi connectivity index (χ1n) is 11.3. The Morgan fingerprint density at radius 2 is 1.83 bits per heavy atom. The fraction of sp³-hybridized carbons (Fsp3) is 0.440. The molecule has 0 aliphatic carbocycles. The van der Waals surface area contributed by atoms with Crippen LogP contribution in [-0.2, 0) is 19.8 Å². The number of nitrogens with zero attached hydrogens (tertiary/aromatic N) is 2. The van der Waals surface area contributed by atoms with Crippen molar-refractivity contribution >= 4 is 23.5 Å². The molecule has 0 spiro atoms. The Hall–Kier alpha value is -3.60. The van der Waals surface area contributed by atoms with Crippen LogP contribution in [0.5, 0.6) is 5.88 Å². The summed E-state index contributed by atoms with van der Waals surface area (Å²) in [6, 6.07) is 10.2. The van der Waals surface area contributed by atoms with Crippen molar-refractivity contribution in [1.29, 1.82) is 0 Å². The number of aliphatic carboxylic acids is 1. The van der Waals surface area contributed by atoms with Gasteiger partial charge < -0.3 is 25.2 Å². The maximum Gasteiger partial charge on any atom is 0.388 e. The minimum atomic E-state index is -3.15. The van der Waals surface area contributed by atoms with Crippen molar-refractivity contribution in [1.82, 2.24) is 9.88 Å². The van der Waals surface area contributed by atoms with E-state index in [1.165, 1.54) is 17.0 Å². The Bertz CT molecular complexity index is 1160. The number of carbonyl (C=O) groups is 3. The number of aromatic nitrogens is 1. The van der Waals surface area contributed by atoms with Crippen molar-refractivity contribution in [2.24, 2.45) is 0 Å². The molecule has 1 atom stereocenters. The molecule has 194 valence electrons. The zero-order chi connectivity index (χ0) is 26.8. The smallest absolute Gasteiger partial charge is 0.388 e. The first kappa shape index (κ1) is 27.0. The van der Waals surface area contributed by atoms with E-state index in [1.54, 1.807) is 19.1 Å². The Kier molecular flexibility index (Phi) is 7.63. The summed E-state index contributed by atoms with van der Waals surface area (Å²) < 4.78 is 30.4. The molecule has 36 heavy (non-hydrogen) atoms. The number of aliphatic hydroxyl groups is 1. The van der Waals surface area contributed by atoms with Crippen molar-refractivity contribution in [2.45, 2.75) is 57.7 Å². The SMILES string of the molecule is Cc1ccc(NC(=O)C2(c3ccccc3C(C)C)CN(C(=O)C[C@@](C)(O)C(=O)O)C2)c(OC(F)F)n1. The minimum Gasteiger partial charge on any atom is -0.479 e. The maximum absolute atomic E-state index is 13.7. The van der Waals surface area contributed by atoms with E-state index in [-0.39, 0.29) is 24.7 Å². The van der Waals surface area contributed by atoms with Crippen LogP contribution in [0.4, 0.5) is 14.5 Å². The number of anilines is 1. The van der Waals surface area contributed by atoms with E-state index in [0.29, 0.717) is 11.3 Å². The number of rotatable bonds is 9. The minimum absolute atomic E-state index is 0.0298. The average molecular weight is 506 g/mol. The molecule has 0 bridgehead atoms. The van der Waals surface area contributed by atoms with E-state index in [9.17, 15) is 28.3 Å². The number of carboxylic acid groups (broad SMARTS) is 1. The molecule has 0 radical (unpaired) electrons. The number of likely N-dealkylation sites (tertiary alicyclic amines) is 1. The summed E-state index contributed by atoms with van der Waals surface area (Å²) in [7, 11) is 0. The van der Waals surface area contributed by atoms with Crippen molar-refractivity contribution in [3.63, 3.8) is 0 Å². The molecule has 0 unspecified atom stereocenters. The topological polar surface area (TPSA) is 129 Å². The number of benzene rings is 1. The van der Waals surface area contributed by atoms with Gasteiger partial charge in [-0.2, -0.15) is 8.78 Å². The van der Waals surface area contributed by atoms with Crippen molar-refractivity contribution in [3.05, 3.63) is 53.2 Å². The molecule has 3 rings (SSSR count). The fourth-order valence-corrected chi connectivity index (χ4v) is 4.18. The number of carbonyl (C=O) groups excluding carboxylic acids is 2. The van der Waals surface area contributed by atoms with Crippen LogP contribution in [0, 0.1) is 6.92 Å². The largest absolute Gasteiger partial charge is 0.479 e. The van der Waals surface area contributed by atoms with Gasteiger partial charge in [-0.3, -0.25) is 9.59 Å². The van der Waals surface area contributed by atoms with Gasteiger partial charge in [0, 0.05) is 18.8 Å². The van der Waals surface area contributed by atoms with Crippen LogP contribution < -0.4 is 10.1 Å². The second kappa shape index (κ2) is 10.2. The standard InChI is InChI=1S/C25H29F2N3O6/c1-14(2)16-7-5-6-8-17(16)25(12-30(13-25)19(31)11-24(4,35)22(33)34)21(32)29-18-10-9-15(3)28-20(18)36-23(26)27/h5-10,14,23,35H,11-13H2,1-4H3,(H,29,32)(H,33,34)/t24-/m1/s1. The molecule has 1 saturated heterocycles. The fourth-order valence-electron chi connectivity index (χ4n) is 4.18. The monoisotopic (exact) mass is 505 g/mol. The number of amides is 2. The van der Waals surface area contributed by atoms with Crippen LogP contribution >= 0.6 is 0 Å². The number of halogens is 2. The van der Waals surface area contributed by atoms with Gasteiger partial charge >= 0.3 is 12.6 Å². The Morgan fingerprint density at radius 1 is 1.19 bits per heavy atom.